The average Bonchev–Trinajstić information content (AvgIpc) is 2.69. The molecule has 0 atom stereocenters. The fraction of sp³-hybridized carbons (Fsp3) is 0.381. The van der Waals surface area contributed by atoms with Crippen molar-refractivity contribution in [2.24, 2.45) is 0 Å². The molecule has 0 N–H and O–H groups in total. The summed E-state index contributed by atoms with van der Waals surface area (Å²) < 4.78 is 0. The number of hydrogen-bond acceptors (Lipinski definition) is 4. The third-order valence-corrected chi connectivity index (χ3v) is 5.73. The number of nitrogens with zero attached hydrogens (tertiary/aromatic N) is 4. The number of carbonyl (C=O) groups is 1. The summed E-state index contributed by atoms with van der Waals surface area (Å²) in [6.07, 6.45) is 0. The summed E-state index contributed by atoms with van der Waals surface area (Å²) in [5.74, 6) is 0.172. The summed E-state index contributed by atoms with van der Waals surface area (Å²) in [5, 5.41) is 0.726. The van der Waals surface area contributed by atoms with Crippen molar-refractivity contribution in [2.45, 2.75) is 0 Å². The number of fused-ring (bicyclic) bond motifs is 1. The van der Waals surface area contributed by atoms with E-state index >= 15 is 0 Å². The average molecular weight is 385 g/mol. The summed E-state index contributed by atoms with van der Waals surface area (Å²) in [6.45, 7) is 5.81. The van der Waals surface area contributed by atoms with Crippen LogP contribution in [0.15, 0.2) is 48.5 Å². The Morgan fingerprint density at radius 2 is 1.48 bits per heavy atom. The predicted octanol–water partition coefficient (Wildman–Crippen LogP) is 3.07. The number of para-hydroxylation sites is 3. The lowest BCUT2D eigenvalue weighted by Gasteiger charge is -2.39. The molecular formula is C21H25ClN4O. The van der Waals surface area contributed by atoms with E-state index in [0.29, 0.717) is 13.1 Å². The van der Waals surface area contributed by atoms with E-state index in [9.17, 15) is 4.79 Å². The van der Waals surface area contributed by atoms with Crippen LogP contribution >= 0.6 is 11.6 Å². The summed E-state index contributed by atoms with van der Waals surface area (Å²) in [5.41, 5.74) is 2.98. The van der Waals surface area contributed by atoms with Crippen LogP contribution in [0.3, 0.4) is 0 Å². The third kappa shape index (κ3) is 3.81. The largest absolute Gasteiger partial charge is 0.337 e. The first-order chi connectivity index (χ1) is 13.1. The molecule has 142 valence electrons. The predicted molar refractivity (Wildman–Crippen MR) is 111 cm³/mol. The maximum Gasteiger partial charge on any atom is 0.241 e. The molecule has 2 aromatic rings. The van der Waals surface area contributed by atoms with Gasteiger partial charge < -0.3 is 14.7 Å². The van der Waals surface area contributed by atoms with Crippen LogP contribution in [-0.4, -0.2) is 68.6 Å². The molecule has 0 bridgehead atoms. The van der Waals surface area contributed by atoms with Gasteiger partial charge in [-0.15, -0.1) is 0 Å². The van der Waals surface area contributed by atoms with Crippen molar-refractivity contribution in [3.63, 3.8) is 0 Å². The first kappa shape index (κ1) is 18.3. The Hall–Kier alpha value is -2.08. The second kappa shape index (κ2) is 7.89. The van der Waals surface area contributed by atoms with E-state index < -0.39 is 0 Å². The highest BCUT2D eigenvalue weighted by atomic mass is 35.5. The number of rotatable bonds is 3. The molecule has 4 rings (SSSR count). The Labute approximate surface area is 165 Å². The summed E-state index contributed by atoms with van der Waals surface area (Å²) in [4.78, 5) is 21.7. The van der Waals surface area contributed by atoms with Gasteiger partial charge >= 0.3 is 0 Å². The van der Waals surface area contributed by atoms with Gasteiger partial charge in [-0.2, -0.15) is 0 Å². The first-order valence-corrected chi connectivity index (χ1v) is 9.83. The summed E-state index contributed by atoms with van der Waals surface area (Å²) in [6, 6.07) is 16.0. The zero-order chi connectivity index (χ0) is 18.8. The van der Waals surface area contributed by atoms with Gasteiger partial charge in [0.2, 0.25) is 5.91 Å². The second-order valence-corrected chi connectivity index (χ2v) is 7.62. The molecule has 2 aliphatic heterocycles. The number of likely N-dealkylation sites (N-methyl/N-ethyl adjacent to an activating group) is 1. The minimum Gasteiger partial charge on any atom is -0.337 e. The molecule has 0 radical (unpaired) electrons. The molecular weight excluding hydrogens is 360 g/mol. The monoisotopic (exact) mass is 384 g/mol. The van der Waals surface area contributed by atoms with Gasteiger partial charge in [-0.3, -0.25) is 9.69 Å². The molecule has 2 aliphatic rings. The van der Waals surface area contributed by atoms with Crippen LogP contribution in [0.5, 0.6) is 0 Å². The number of amides is 1. The lowest BCUT2D eigenvalue weighted by molar-refractivity contribution is -0.120. The van der Waals surface area contributed by atoms with Gasteiger partial charge in [-0.05, 0) is 31.3 Å². The Bertz CT molecular complexity index is 819. The molecule has 5 nitrogen and oxygen atoms in total. The van der Waals surface area contributed by atoms with Gasteiger partial charge in [0.05, 0.1) is 28.6 Å². The first-order valence-electron chi connectivity index (χ1n) is 9.46. The summed E-state index contributed by atoms with van der Waals surface area (Å²) in [7, 11) is 2.13. The summed E-state index contributed by atoms with van der Waals surface area (Å²) >= 11 is 6.43. The van der Waals surface area contributed by atoms with Crippen molar-refractivity contribution in [3.8, 4) is 0 Å². The minimum atomic E-state index is 0.172. The number of carbonyl (C=O) groups excluding carboxylic acids is 1. The number of halogens is 1. The number of hydrogen-bond donors (Lipinski definition) is 0. The van der Waals surface area contributed by atoms with E-state index in [-0.39, 0.29) is 5.91 Å². The van der Waals surface area contributed by atoms with Crippen LogP contribution < -0.4 is 9.80 Å². The zero-order valence-corrected chi connectivity index (χ0v) is 16.4. The molecule has 0 aromatic heterocycles. The van der Waals surface area contributed by atoms with E-state index in [1.165, 1.54) is 0 Å². The quantitative estimate of drug-likeness (QED) is 0.813. The Morgan fingerprint density at radius 3 is 2.19 bits per heavy atom. The van der Waals surface area contributed by atoms with Gasteiger partial charge in [0.25, 0.3) is 0 Å². The SMILES string of the molecule is CN1CCN(CC(=O)N2CCN(c3ccccc3Cl)c3ccccc32)CC1. The fourth-order valence-corrected chi connectivity index (χ4v) is 4.06. The highest BCUT2D eigenvalue weighted by Crippen LogP contribution is 2.40. The molecule has 0 spiro atoms. The topological polar surface area (TPSA) is 30.0 Å². The van der Waals surface area contributed by atoms with Crippen LogP contribution in [0, 0.1) is 0 Å². The van der Waals surface area contributed by atoms with Gasteiger partial charge in [-0.1, -0.05) is 35.9 Å². The van der Waals surface area contributed by atoms with Crippen molar-refractivity contribution >= 4 is 34.6 Å². The number of piperazine rings is 1. The molecule has 2 heterocycles. The smallest absolute Gasteiger partial charge is 0.241 e. The van der Waals surface area contributed by atoms with Gasteiger partial charge in [0, 0.05) is 39.3 Å². The van der Waals surface area contributed by atoms with Crippen LogP contribution in [-0.2, 0) is 4.79 Å². The normalized spacial score (nSPS) is 18.4. The Morgan fingerprint density at radius 1 is 0.852 bits per heavy atom. The van der Waals surface area contributed by atoms with Crippen LogP contribution in [0.1, 0.15) is 0 Å². The fourth-order valence-electron chi connectivity index (χ4n) is 3.82. The second-order valence-electron chi connectivity index (χ2n) is 7.22. The van der Waals surface area contributed by atoms with Crippen molar-refractivity contribution < 1.29 is 4.79 Å². The van der Waals surface area contributed by atoms with Gasteiger partial charge in [0.15, 0.2) is 0 Å². The minimum absolute atomic E-state index is 0.172. The van der Waals surface area contributed by atoms with Crippen LogP contribution in [0.25, 0.3) is 0 Å². The lowest BCUT2D eigenvalue weighted by Crippen LogP contribution is -2.51. The molecule has 2 aromatic carbocycles. The lowest BCUT2D eigenvalue weighted by atomic mass is 10.1. The standard InChI is InChI=1S/C21H25ClN4O/c1-23-10-12-24(13-11-23)16-21(27)26-15-14-25(18-7-3-2-6-17(18)22)19-8-4-5-9-20(19)26/h2-9H,10-16H2,1H3. The van der Waals surface area contributed by atoms with Crippen LogP contribution in [0.4, 0.5) is 17.1 Å². The molecule has 0 saturated carbocycles. The number of anilines is 3. The third-order valence-electron chi connectivity index (χ3n) is 5.41. The van der Waals surface area contributed by atoms with Gasteiger partial charge in [0.1, 0.15) is 0 Å². The van der Waals surface area contributed by atoms with Crippen molar-refractivity contribution in [1.29, 1.82) is 0 Å². The zero-order valence-electron chi connectivity index (χ0n) is 15.6. The maximum atomic E-state index is 13.0. The Kier molecular flexibility index (Phi) is 5.34. The Balaban J connectivity index is 1.56. The van der Waals surface area contributed by atoms with E-state index in [4.69, 9.17) is 11.6 Å². The maximum absolute atomic E-state index is 13.0. The van der Waals surface area contributed by atoms with Gasteiger partial charge in [-0.25, -0.2) is 0 Å². The molecule has 1 saturated heterocycles. The highest BCUT2D eigenvalue weighted by molar-refractivity contribution is 6.33. The molecule has 0 aliphatic carbocycles. The van der Waals surface area contributed by atoms with E-state index in [1.807, 2.05) is 47.4 Å². The highest BCUT2D eigenvalue weighted by Gasteiger charge is 2.29. The molecule has 27 heavy (non-hydrogen) atoms. The molecule has 6 heteroatoms. The molecule has 0 unspecified atom stereocenters. The molecule has 1 amide bonds. The van der Waals surface area contributed by atoms with Crippen molar-refractivity contribution in [3.05, 3.63) is 53.6 Å². The van der Waals surface area contributed by atoms with E-state index in [1.54, 1.807) is 0 Å². The van der Waals surface area contributed by atoms with E-state index in [0.717, 1.165) is 54.8 Å². The van der Waals surface area contributed by atoms with E-state index in [2.05, 4.69) is 27.8 Å². The van der Waals surface area contributed by atoms with Crippen LogP contribution in [0.2, 0.25) is 5.02 Å². The number of benzene rings is 2. The van der Waals surface area contributed by atoms with Crippen molar-refractivity contribution in [2.75, 3.05) is 62.7 Å². The van der Waals surface area contributed by atoms with Crippen molar-refractivity contribution in [1.82, 2.24) is 9.80 Å². The molecule has 1 fully saturated rings.